The summed E-state index contributed by atoms with van der Waals surface area (Å²) in [5.74, 6) is 0. The van der Waals surface area contributed by atoms with Crippen molar-refractivity contribution in [2.45, 2.75) is 0 Å². The quantitative estimate of drug-likeness (QED) is 0.306. The van der Waals surface area contributed by atoms with E-state index in [9.17, 15) is 4.79 Å². The minimum Gasteiger partial charge on any atom is -0.422 e. The molecule has 0 atom stereocenters. The SMILES string of the molecule is O=c1oc2ccc(Cl)cc2cc1-c1csc(NN=Cc2ccccc2)n1. The summed E-state index contributed by atoms with van der Waals surface area (Å²) in [6.45, 7) is 0. The van der Waals surface area contributed by atoms with Gasteiger partial charge in [-0.15, -0.1) is 11.3 Å². The van der Waals surface area contributed by atoms with Gasteiger partial charge in [0.1, 0.15) is 5.58 Å². The van der Waals surface area contributed by atoms with E-state index in [1.807, 2.05) is 30.3 Å². The Balaban J connectivity index is 1.59. The van der Waals surface area contributed by atoms with Gasteiger partial charge in [0.05, 0.1) is 17.5 Å². The maximum absolute atomic E-state index is 12.2. The molecule has 2 aromatic heterocycles. The number of rotatable bonds is 4. The fourth-order valence-corrected chi connectivity index (χ4v) is 3.26. The average Bonchev–Trinajstić information content (AvgIpc) is 3.11. The number of benzene rings is 2. The monoisotopic (exact) mass is 381 g/mol. The molecule has 7 heteroatoms. The molecule has 0 saturated carbocycles. The van der Waals surface area contributed by atoms with Crippen LogP contribution in [0.2, 0.25) is 5.02 Å². The third kappa shape index (κ3) is 3.51. The fourth-order valence-electron chi connectivity index (χ4n) is 2.42. The number of halogens is 1. The van der Waals surface area contributed by atoms with Gasteiger partial charge in [-0.2, -0.15) is 5.10 Å². The summed E-state index contributed by atoms with van der Waals surface area (Å²) in [6.07, 6.45) is 1.70. The number of hydrogen-bond acceptors (Lipinski definition) is 6. The van der Waals surface area contributed by atoms with Crippen LogP contribution in [0.3, 0.4) is 0 Å². The molecule has 128 valence electrons. The van der Waals surface area contributed by atoms with Crippen LogP contribution in [0.15, 0.2) is 74.3 Å². The topological polar surface area (TPSA) is 67.5 Å². The molecular formula is C19H12ClN3O2S. The molecule has 0 aliphatic heterocycles. The first-order chi connectivity index (χ1) is 12.7. The van der Waals surface area contributed by atoms with Gasteiger partial charge < -0.3 is 4.42 Å². The first-order valence-electron chi connectivity index (χ1n) is 7.72. The predicted molar refractivity (Wildman–Crippen MR) is 106 cm³/mol. The van der Waals surface area contributed by atoms with E-state index in [1.54, 1.807) is 35.9 Å². The second kappa shape index (κ2) is 7.11. The molecule has 4 rings (SSSR count). The van der Waals surface area contributed by atoms with Gasteiger partial charge in [0.15, 0.2) is 0 Å². The Hall–Kier alpha value is -2.96. The molecule has 5 nitrogen and oxygen atoms in total. The number of thiazole rings is 1. The number of nitrogens with one attached hydrogen (secondary N) is 1. The molecule has 0 spiro atoms. The number of hydrogen-bond donors (Lipinski definition) is 1. The molecule has 0 unspecified atom stereocenters. The number of fused-ring (bicyclic) bond motifs is 1. The molecule has 0 aliphatic rings. The van der Waals surface area contributed by atoms with Gasteiger partial charge in [0, 0.05) is 15.8 Å². The third-order valence-corrected chi connectivity index (χ3v) is 4.63. The highest BCUT2D eigenvalue weighted by molar-refractivity contribution is 7.14. The third-order valence-electron chi connectivity index (χ3n) is 3.65. The molecule has 1 N–H and O–H groups in total. The van der Waals surface area contributed by atoms with Crippen LogP contribution in [-0.2, 0) is 0 Å². The van der Waals surface area contributed by atoms with E-state index in [2.05, 4.69) is 15.5 Å². The highest BCUT2D eigenvalue weighted by Crippen LogP contribution is 2.26. The maximum atomic E-state index is 12.2. The molecule has 0 aliphatic carbocycles. The molecule has 0 saturated heterocycles. The molecule has 0 fully saturated rings. The van der Waals surface area contributed by atoms with Crippen LogP contribution in [-0.4, -0.2) is 11.2 Å². The lowest BCUT2D eigenvalue weighted by molar-refractivity contribution is 0.563. The lowest BCUT2D eigenvalue weighted by Gasteiger charge is -2.00. The summed E-state index contributed by atoms with van der Waals surface area (Å²) < 4.78 is 5.35. The van der Waals surface area contributed by atoms with Crippen molar-refractivity contribution in [2.24, 2.45) is 5.10 Å². The van der Waals surface area contributed by atoms with Gasteiger partial charge in [0.25, 0.3) is 0 Å². The zero-order valence-corrected chi connectivity index (χ0v) is 14.9. The summed E-state index contributed by atoms with van der Waals surface area (Å²) in [5, 5.41) is 7.84. The van der Waals surface area contributed by atoms with E-state index < -0.39 is 5.63 Å². The standard InChI is InChI=1S/C19H12ClN3O2S/c20-14-6-7-17-13(8-14)9-15(18(24)25-17)16-11-26-19(22-16)23-21-10-12-4-2-1-3-5-12/h1-11H,(H,22,23). The van der Waals surface area contributed by atoms with Gasteiger partial charge in [0.2, 0.25) is 5.13 Å². The summed E-state index contributed by atoms with van der Waals surface area (Å²) in [7, 11) is 0. The highest BCUT2D eigenvalue weighted by atomic mass is 35.5. The molecular weight excluding hydrogens is 370 g/mol. The Bertz CT molecular complexity index is 1150. The lowest BCUT2D eigenvalue weighted by Crippen LogP contribution is -2.03. The van der Waals surface area contributed by atoms with Crippen LogP contribution >= 0.6 is 22.9 Å². The van der Waals surface area contributed by atoms with Crippen molar-refractivity contribution in [1.82, 2.24) is 4.98 Å². The van der Waals surface area contributed by atoms with Crippen molar-refractivity contribution in [3.63, 3.8) is 0 Å². The normalized spacial score (nSPS) is 11.3. The lowest BCUT2D eigenvalue weighted by atomic mass is 10.1. The Morgan fingerprint density at radius 3 is 2.85 bits per heavy atom. The Morgan fingerprint density at radius 1 is 1.15 bits per heavy atom. The van der Waals surface area contributed by atoms with E-state index in [-0.39, 0.29) is 0 Å². The second-order valence-corrected chi connectivity index (χ2v) is 6.74. The molecule has 2 aromatic carbocycles. The van der Waals surface area contributed by atoms with Crippen molar-refractivity contribution in [3.05, 3.63) is 81.0 Å². The predicted octanol–water partition coefficient (Wildman–Crippen LogP) is 5.02. The van der Waals surface area contributed by atoms with Crippen LogP contribution in [0.5, 0.6) is 0 Å². The summed E-state index contributed by atoms with van der Waals surface area (Å²) in [4.78, 5) is 16.6. The van der Waals surface area contributed by atoms with Crippen molar-refractivity contribution < 1.29 is 4.42 Å². The van der Waals surface area contributed by atoms with Gasteiger partial charge in [-0.1, -0.05) is 41.9 Å². The summed E-state index contributed by atoms with van der Waals surface area (Å²) in [5.41, 5.74) is 4.81. The van der Waals surface area contributed by atoms with Crippen LogP contribution in [0, 0.1) is 0 Å². The average molecular weight is 382 g/mol. The van der Waals surface area contributed by atoms with Crippen LogP contribution in [0.4, 0.5) is 5.13 Å². The Kier molecular flexibility index (Phi) is 4.51. The zero-order chi connectivity index (χ0) is 17.9. The summed E-state index contributed by atoms with van der Waals surface area (Å²) in [6, 6.07) is 16.6. The largest absolute Gasteiger partial charge is 0.422 e. The van der Waals surface area contributed by atoms with E-state index in [1.165, 1.54) is 11.3 Å². The van der Waals surface area contributed by atoms with E-state index in [4.69, 9.17) is 16.0 Å². The van der Waals surface area contributed by atoms with E-state index >= 15 is 0 Å². The molecule has 0 bridgehead atoms. The number of nitrogens with zero attached hydrogens (tertiary/aromatic N) is 2. The molecule has 4 aromatic rings. The van der Waals surface area contributed by atoms with Gasteiger partial charge >= 0.3 is 5.63 Å². The zero-order valence-electron chi connectivity index (χ0n) is 13.3. The smallest absolute Gasteiger partial charge is 0.345 e. The number of anilines is 1. The Morgan fingerprint density at radius 2 is 2.00 bits per heavy atom. The molecule has 2 heterocycles. The number of aromatic nitrogens is 1. The van der Waals surface area contributed by atoms with E-state index in [0.29, 0.717) is 27.0 Å². The minimum absolute atomic E-state index is 0.385. The molecule has 0 amide bonds. The first kappa shape index (κ1) is 16.5. The van der Waals surface area contributed by atoms with Crippen molar-refractivity contribution in [2.75, 3.05) is 5.43 Å². The highest BCUT2D eigenvalue weighted by Gasteiger charge is 2.11. The van der Waals surface area contributed by atoms with Crippen molar-refractivity contribution in [1.29, 1.82) is 0 Å². The van der Waals surface area contributed by atoms with Crippen molar-refractivity contribution >= 4 is 45.3 Å². The van der Waals surface area contributed by atoms with Gasteiger partial charge in [-0.25, -0.2) is 9.78 Å². The minimum atomic E-state index is -0.440. The Labute approximate surface area is 157 Å². The van der Waals surface area contributed by atoms with Gasteiger partial charge in [-0.05, 0) is 29.8 Å². The molecule has 26 heavy (non-hydrogen) atoms. The van der Waals surface area contributed by atoms with E-state index in [0.717, 1.165) is 10.9 Å². The first-order valence-corrected chi connectivity index (χ1v) is 8.98. The number of hydrazone groups is 1. The second-order valence-electron chi connectivity index (χ2n) is 5.45. The molecule has 0 radical (unpaired) electrons. The summed E-state index contributed by atoms with van der Waals surface area (Å²) >= 11 is 7.36. The van der Waals surface area contributed by atoms with Crippen LogP contribution in [0.1, 0.15) is 5.56 Å². The van der Waals surface area contributed by atoms with Crippen molar-refractivity contribution in [3.8, 4) is 11.3 Å². The maximum Gasteiger partial charge on any atom is 0.345 e. The van der Waals surface area contributed by atoms with Gasteiger partial charge in [-0.3, -0.25) is 5.43 Å². The fraction of sp³-hybridized carbons (Fsp3) is 0. The van der Waals surface area contributed by atoms with Crippen LogP contribution in [0.25, 0.3) is 22.2 Å². The van der Waals surface area contributed by atoms with Crippen LogP contribution < -0.4 is 11.1 Å².